The minimum Gasteiger partial charge on any atom is -0.469 e. The number of thiophene rings is 1. The van der Waals surface area contributed by atoms with E-state index in [2.05, 4.69) is 10.6 Å². The standard InChI is InChI=1S/C20H20FN3O3S/c1-12-7-9-28-18(12)11-24(3)20(26)22-14-4-5-16(21)17(10-14)23-19(25)15-6-8-27-13(15)2/h4-10H,11H2,1-3H3,(H,22,26)(H,23,25). The molecule has 0 radical (unpaired) electrons. The number of nitrogens with zero attached hydrogens (tertiary/aromatic N) is 1. The van der Waals surface area contributed by atoms with E-state index in [9.17, 15) is 14.0 Å². The van der Waals surface area contributed by atoms with Gasteiger partial charge in [0.2, 0.25) is 0 Å². The number of carbonyl (C=O) groups excluding carboxylic acids is 2. The van der Waals surface area contributed by atoms with Crippen LogP contribution >= 0.6 is 11.3 Å². The van der Waals surface area contributed by atoms with Crippen LogP contribution in [0.15, 0.2) is 46.4 Å². The van der Waals surface area contributed by atoms with Gasteiger partial charge in [-0.15, -0.1) is 11.3 Å². The Bertz CT molecular complexity index is 1010. The van der Waals surface area contributed by atoms with Crippen LogP contribution in [0.5, 0.6) is 0 Å². The third-order valence-corrected chi connectivity index (χ3v) is 5.27. The first-order chi connectivity index (χ1) is 13.3. The number of urea groups is 1. The molecule has 3 rings (SSSR count). The molecule has 2 aromatic heterocycles. The second-order valence-corrected chi connectivity index (χ2v) is 7.35. The number of rotatable bonds is 5. The largest absolute Gasteiger partial charge is 0.469 e. The zero-order valence-electron chi connectivity index (χ0n) is 15.7. The molecule has 2 heterocycles. The molecular weight excluding hydrogens is 381 g/mol. The third-order valence-electron chi connectivity index (χ3n) is 4.26. The zero-order chi connectivity index (χ0) is 20.3. The molecule has 2 N–H and O–H groups in total. The summed E-state index contributed by atoms with van der Waals surface area (Å²) >= 11 is 1.59. The van der Waals surface area contributed by atoms with Gasteiger partial charge in [0.25, 0.3) is 5.91 Å². The van der Waals surface area contributed by atoms with Crippen molar-refractivity contribution in [3.05, 3.63) is 69.6 Å². The summed E-state index contributed by atoms with van der Waals surface area (Å²) in [7, 11) is 1.68. The lowest BCUT2D eigenvalue weighted by Crippen LogP contribution is -2.30. The average Bonchev–Trinajstić information content (AvgIpc) is 3.26. The Labute approximate surface area is 166 Å². The predicted octanol–water partition coefficient (Wildman–Crippen LogP) is 5.01. The Morgan fingerprint density at radius 3 is 2.61 bits per heavy atom. The Hall–Kier alpha value is -3.13. The minimum atomic E-state index is -0.602. The van der Waals surface area contributed by atoms with E-state index in [1.807, 2.05) is 18.4 Å². The first-order valence-electron chi connectivity index (χ1n) is 8.55. The quantitative estimate of drug-likeness (QED) is 0.631. The van der Waals surface area contributed by atoms with Gasteiger partial charge in [-0.1, -0.05) is 0 Å². The van der Waals surface area contributed by atoms with Gasteiger partial charge < -0.3 is 20.0 Å². The van der Waals surface area contributed by atoms with E-state index in [-0.39, 0.29) is 11.7 Å². The molecule has 0 aliphatic carbocycles. The Balaban J connectivity index is 1.68. The first kappa shape index (κ1) is 19.6. The molecule has 28 heavy (non-hydrogen) atoms. The molecule has 0 aliphatic heterocycles. The van der Waals surface area contributed by atoms with E-state index >= 15 is 0 Å². The summed E-state index contributed by atoms with van der Waals surface area (Å²) in [5, 5.41) is 7.20. The number of carbonyl (C=O) groups is 2. The molecule has 3 amide bonds. The van der Waals surface area contributed by atoms with Gasteiger partial charge in [-0.3, -0.25) is 4.79 Å². The van der Waals surface area contributed by atoms with Crippen LogP contribution < -0.4 is 10.6 Å². The van der Waals surface area contributed by atoms with Crippen LogP contribution in [0.4, 0.5) is 20.6 Å². The second-order valence-electron chi connectivity index (χ2n) is 6.35. The fourth-order valence-electron chi connectivity index (χ4n) is 2.58. The Kier molecular flexibility index (Phi) is 5.79. The van der Waals surface area contributed by atoms with Crippen LogP contribution in [-0.4, -0.2) is 23.9 Å². The van der Waals surface area contributed by atoms with Crippen molar-refractivity contribution in [1.82, 2.24) is 4.90 Å². The molecule has 6 nitrogen and oxygen atoms in total. The fourth-order valence-corrected chi connectivity index (χ4v) is 3.54. The van der Waals surface area contributed by atoms with Crippen LogP contribution in [0.2, 0.25) is 0 Å². The number of benzene rings is 1. The highest BCUT2D eigenvalue weighted by Crippen LogP contribution is 2.22. The zero-order valence-corrected chi connectivity index (χ0v) is 16.5. The SMILES string of the molecule is Cc1ccsc1CN(C)C(=O)Nc1ccc(F)c(NC(=O)c2ccoc2C)c1. The minimum absolute atomic E-state index is 0.0276. The number of amides is 3. The smallest absolute Gasteiger partial charge is 0.321 e. The predicted molar refractivity (Wildman–Crippen MR) is 107 cm³/mol. The lowest BCUT2D eigenvalue weighted by atomic mass is 10.2. The molecular formula is C20H20FN3O3S. The van der Waals surface area contributed by atoms with Crippen LogP contribution in [0, 0.1) is 19.7 Å². The van der Waals surface area contributed by atoms with E-state index in [1.165, 1.54) is 35.4 Å². The summed E-state index contributed by atoms with van der Waals surface area (Å²) in [6, 6.07) is 7.19. The van der Waals surface area contributed by atoms with Crippen molar-refractivity contribution in [2.75, 3.05) is 17.7 Å². The molecule has 1 aromatic carbocycles. The van der Waals surface area contributed by atoms with Gasteiger partial charge in [0.1, 0.15) is 11.6 Å². The van der Waals surface area contributed by atoms with Crippen LogP contribution in [0.3, 0.4) is 0 Å². The molecule has 0 bridgehead atoms. The van der Waals surface area contributed by atoms with Crippen molar-refractivity contribution in [2.24, 2.45) is 0 Å². The number of anilines is 2. The molecule has 0 atom stereocenters. The molecule has 0 unspecified atom stereocenters. The normalized spacial score (nSPS) is 10.6. The van der Waals surface area contributed by atoms with Gasteiger partial charge in [-0.25, -0.2) is 9.18 Å². The second kappa shape index (κ2) is 8.26. The van der Waals surface area contributed by atoms with Gasteiger partial charge in [0, 0.05) is 17.6 Å². The van der Waals surface area contributed by atoms with Crippen molar-refractivity contribution < 1.29 is 18.4 Å². The fraction of sp³-hybridized carbons (Fsp3) is 0.200. The van der Waals surface area contributed by atoms with Crippen LogP contribution in [-0.2, 0) is 6.54 Å². The monoisotopic (exact) mass is 401 g/mol. The van der Waals surface area contributed by atoms with Crippen LogP contribution in [0.25, 0.3) is 0 Å². The maximum absolute atomic E-state index is 14.1. The summed E-state index contributed by atoms with van der Waals surface area (Å²) < 4.78 is 19.2. The lowest BCUT2D eigenvalue weighted by Gasteiger charge is -2.18. The maximum atomic E-state index is 14.1. The van der Waals surface area contributed by atoms with Gasteiger partial charge in [0.05, 0.1) is 24.1 Å². The van der Waals surface area contributed by atoms with Crippen molar-refractivity contribution in [3.63, 3.8) is 0 Å². The molecule has 146 valence electrons. The van der Waals surface area contributed by atoms with E-state index in [1.54, 1.807) is 25.3 Å². The summed E-state index contributed by atoms with van der Waals surface area (Å²) in [6.07, 6.45) is 1.39. The van der Waals surface area contributed by atoms with Crippen molar-refractivity contribution in [1.29, 1.82) is 0 Å². The molecule has 0 saturated heterocycles. The van der Waals surface area contributed by atoms with Crippen LogP contribution in [0.1, 0.15) is 26.6 Å². The highest BCUT2D eigenvalue weighted by atomic mass is 32.1. The first-order valence-corrected chi connectivity index (χ1v) is 9.43. The number of halogens is 1. The van der Waals surface area contributed by atoms with Gasteiger partial charge in [-0.2, -0.15) is 0 Å². The van der Waals surface area contributed by atoms with E-state index in [4.69, 9.17) is 4.42 Å². The number of hydrogen-bond acceptors (Lipinski definition) is 4. The van der Waals surface area contributed by atoms with Crippen molar-refractivity contribution in [2.45, 2.75) is 20.4 Å². The third kappa shape index (κ3) is 4.40. The maximum Gasteiger partial charge on any atom is 0.321 e. The molecule has 8 heteroatoms. The van der Waals surface area contributed by atoms with Gasteiger partial charge in [0.15, 0.2) is 0 Å². The summed E-state index contributed by atoms with van der Waals surface area (Å²) in [5.74, 6) is -0.651. The van der Waals surface area contributed by atoms with E-state index < -0.39 is 11.7 Å². The number of aryl methyl sites for hydroxylation is 2. The Morgan fingerprint density at radius 2 is 1.96 bits per heavy atom. The number of furan rings is 1. The van der Waals surface area contributed by atoms with Crippen molar-refractivity contribution in [3.8, 4) is 0 Å². The molecule has 0 saturated carbocycles. The molecule has 3 aromatic rings. The summed E-state index contributed by atoms with van der Waals surface area (Å²) in [5.41, 5.74) is 1.80. The number of nitrogens with one attached hydrogen (secondary N) is 2. The van der Waals surface area contributed by atoms with Gasteiger partial charge in [-0.05, 0) is 55.1 Å². The van der Waals surface area contributed by atoms with E-state index in [0.717, 1.165) is 10.4 Å². The number of hydrogen-bond donors (Lipinski definition) is 2. The summed E-state index contributed by atoms with van der Waals surface area (Å²) in [4.78, 5) is 27.3. The lowest BCUT2D eigenvalue weighted by molar-refractivity contribution is 0.102. The molecule has 0 fully saturated rings. The summed E-state index contributed by atoms with van der Waals surface area (Å²) in [6.45, 7) is 4.11. The highest BCUT2D eigenvalue weighted by molar-refractivity contribution is 7.10. The van der Waals surface area contributed by atoms with Crippen molar-refractivity contribution >= 4 is 34.6 Å². The molecule has 0 spiro atoms. The topological polar surface area (TPSA) is 74.6 Å². The van der Waals surface area contributed by atoms with Gasteiger partial charge >= 0.3 is 6.03 Å². The van der Waals surface area contributed by atoms with E-state index in [0.29, 0.717) is 23.6 Å². The Morgan fingerprint density at radius 1 is 1.18 bits per heavy atom. The average molecular weight is 401 g/mol. The highest BCUT2D eigenvalue weighted by Gasteiger charge is 2.16. The molecule has 0 aliphatic rings.